The van der Waals surface area contributed by atoms with Crippen molar-refractivity contribution >= 4 is 0 Å². The van der Waals surface area contributed by atoms with Crippen LogP contribution >= 0.6 is 0 Å². The standard InChI is InChI=1S/C18H38.C3H8O.H2O/c1-3-5-7-9-11-13-15-17-18-16-14-12-10-8-6-4-2;1-2-3-4;/h3-18H2,1-2H3;4H,2-3H2,1H3;1H2. The van der Waals surface area contributed by atoms with E-state index in [1.54, 1.807) is 0 Å². The summed E-state index contributed by atoms with van der Waals surface area (Å²) in [5.74, 6) is 0. The lowest BCUT2D eigenvalue weighted by molar-refractivity contribution is 0.295. The zero-order valence-corrected chi connectivity index (χ0v) is 16.7. The Labute approximate surface area is 147 Å². The largest absolute Gasteiger partial charge is 0.412 e. The molecule has 0 aliphatic heterocycles. The van der Waals surface area contributed by atoms with Gasteiger partial charge in [0, 0.05) is 6.61 Å². The van der Waals surface area contributed by atoms with Crippen LogP contribution in [0.5, 0.6) is 0 Å². The molecule has 0 spiro atoms. The van der Waals surface area contributed by atoms with Crippen molar-refractivity contribution in [3.8, 4) is 0 Å². The van der Waals surface area contributed by atoms with Gasteiger partial charge in [-0.1, -0.05) is 124 Å². The maximum Gasteiger partial charge on any atom is 0.0428 e. The van der Waals surface area contributed by atoms with Crippen LogP contribution < -0.4 is 0 Å². The van der Waals surface area contributed by atoms with Crippen LogP contribution in [0.3, 0.4) is 0 Å². The van der Waals surface area contributed by atoms with E-state index in [0.717, 1.165) is 6.42 Å². The van der Waals surface area contributed by atoms with Crippen LogP contribution in [0.4, 0.5) is 0 Å². The van der Waals surface area contributed by atoms with Gasteiger partial charge in [0.15, 0.2) is 0 Å². The summed E-state index contributed by atoms with van der Waals surface area (Å²) in [5, 5.41) is 7.88. The molecule has 144 valence electrons. The van der Waals surface area contributed by atoms with Gasteiger partial charge in [0.25, 0.3) is 0 Å². The summed E-state index contributed by atoms with van der Waals surface area (Å²) in [6.07, 6.45) is 24.3. The molecular weight excluding hydrogens is 284 g/mol. The van der Waals surface area contributed by atoms with Crippen molar-refractivity contribution in [2.24, 2.45) is 0 Å². The first kappa shape index (κ1) is 27.8. The summed E-state index contributed by atoms with van der Waals surface area (Å²) in [6.45, 7) is 6.84. The highest BCUT2D eigenvalue weighted by Crippen LogP contribution is 2.13. The van der Waals surface area contributed by atoms with E-state index >= 15 is 0 Å². The van der Waals surface area contributed by atoms with Gasteiger partial charge in [0.05, 0.1) is 0 Å². The number of aliphatic hydroxyl groups is 1. The van der Waals surface area contributed by atoms with Crippen molar-refractivity contribution in [1.29, 1.82) is 0 Å². The van der Waals surface area contributed by atoms with Crippen molar-refractivity contribution in [2.45, 2.75) is 130 Å². The molecule has 0 aromatic heterocycles. The molecule has 0 heterocycles. The Hall–Kier alpha value is -0.0800. The third-order valence-corrected chi connectivity index (χ3v) is 4.18. The lowest BCUT2D eigenvalue weighted by atomic mass is 10.0. The summed E-state index contributed by atoms with van der Waals surface area (Å²) in [5.41, 5.74) is 0. The summed E-state index contributed by atoms with van der Waals surface area (Å²) in [6, 6.07) is 0. The lowest BCUT2D eigenvalue weighted by Gasteiger charge is -2.03. The normalized spacial score (nSPS) is 9.91. The molecule has 0 radical (unpaired) electrons. The number of unbranched alkanes of at least 4 members (excludes halogenated alkanes) is 15. The van der Waals surface area contributed by atoms with Gasteiger partial charge < -0.3 is 10.6 Å². The van der Waals surface area contributed by atoms with Crippen LogP contribution in [-0.2, 0) is 0 Å². The Morgan fingerprint density at radius 1 is 0.391 bits per heavy atom. The lowest BCUT2D eigenvalue weighted by Crippen LogP contribution is -1.83. The predicted octanol–water partition coefficient (Wildman–Crippen LogP) is 6.83. The minimum absolute atomic E-state index is 0. The molecular formula is C21H48O2. The predicted molar refractivity (Wildman–Crippen MR) is 106 cm³/mol. The van der Waals surface area contributed by atoms with Crippen LogP contribution in [0.25, 0.3) is 0 Å². The second kappa shape index (κ2) is 29.9. The van der Waals surface area contributed by atoms with Gasteiger partial charge in [-0.3, -0.25) is 0 Å². The first-order valence-corrected chi connectivity index (χ1v) is 10.4. The number of hydrogen-bond donors (Lipinski definition) is 1. The Morgan fingerprint density at radius 3 is 0.696 bits per heavy atom. The van der Waals surface area contributed by atoms with Crippen molar-refractivity contribution in [1.82, 2.24) is 0 Å². The Kier molecular flexibility index (Phi) is 36.0. The Balaban J connectivity index is -0.000000712. The van der Waals surface area contributed by atoms with Crippen LogP contribution in [0.1, 0.15) is 130 Å². The summed E-state index contributed by atoms with van der Waals surface area (Å²) < 4.78 is 0. The average Bonchev–Trinajstić information content (AvgIpc) is 2.55. The smallest absolute Gasteiger partial charge is 0.0428 e. The number of rotatable bonds is 16. The third kappa shape index (κ3) is 34.3. The molecule has 0 saturated heterocycles. The molecule has 2 nitrogen and oxygen atoms in total. The molecule has 0 aromatic rings. The molecule has 0 aliphatic rings. The highest BCUT2D eigenvalue weighted by atomic mass is 16.2. The molecule has 0 fully saturated rings. The van der Waals surface area contributed by atoms with E-state index < -0.39 is 0 Å². The van der Waals surface area contributed by atoms with Gasteiger partial charge in [0.1, 0.15) is 0 Å². The topological polar surface area (TPSA) is 51.7 Å². The van der Waals surface area contributed by atoms with Crippen molar-refractivity contribution in [3.63, 3.8) is 0 Å². The first-order chi connectivity index (χ1) is 10.8. The zero-order valence-electron chi connectivity index (χ0n) is 16.7. The van der Waals surface area contributed by atoms with E-state index in [1.165, 1.54) is 103 Å². The second-order valence-electron chi connectivity index (χ2n) is 6.67. The monoisotopic (exact) mass is 332 g/mol. The van der Waals surface area contributed by atoms with E-state index in [0.29, 0.717) is 6.61 Å². The highest BCUT2D eigenvalue weighted by molar-refractivity contribution is 4.49. The quantitative estimate of drug-likeness (QED) is 0.309. The molecule has 0 atom stereocenters. The molecule has 0 aliphatic carbocycles. The minimum atomic E-state index is 0. The van der Waals surface area contributed by atoms with Crippen LogP contribution in [0.2, 0.25) is 0 Å². The van der Waals surface area contributed by atoms with Crippen molar-refractivity contribution in [2.75, 3.05) is 6.61 Å². The molecule has 0 rings (SSSR count). The molecule has 2 heteroatoms. The minimum Gasteiger partial charge on any atom is -0.412 e. The maximum absolute atomic E-state index is 7.88. The molecule has 0 unspecified atom stereocenters. The molecule has 0 saturated carbocycles. The van der Waals surface area contributed by atoms with Gasteiger partial charge in [-0.15, -0.1) is 0 Å². The van der Waals surface area contributed by atoms with Crippen LogP contribution in [0, 0.1) is 0 Å². The summed E-state index contributed by atoms with van der Waals surface area (Å²) in [7, 11) is 0. The van der Waals surface area contributed by atoms with E-state index in [-0.39, 0.29) is 5.48 Å². The number of aliphatic hydroxyl groups excluding tert-OH is 1. The summed E-state index contributed by atoms with van der Waals surface area (Å²) >= 11 is 0. The average molecular weight is 333 g/mol. The van der Waals surface area contributed by atoms with Gasteiger partial charge >= 0.3 is 0 Å². The first-order valence-electron chi connectivity index (χ1n) is 10.4. The number of hydrogen-bond acceptors (Lipinski definition) is 1. The van der Waals surface area contributed by atoms with E-state index in [2.05, 4.69) is 13.8 Å². The Morgan fingerprint density at radius 2 is 0.565 bits per heavy atom. The Bertz CT molecular complexity index is 142. The highest BCUT2D eigenvalue weighted by Gasteiger charge is 1.93. The van der Waals surface area contributed by atoms with E-state index in [4.69, 9.17) is 5.11 Å². The fraction of sp³-hybridized carbons (Fsp3) is 1.00. The van der Waals surface area contributed by atoms with Gasteiger partial charge in [-0.05, 0) is 6.42 Å². The fourth-order valence-corrected chi connectivity index (χ4v) is 2.62. The molecule has 23 heavy (non-hydrogen) atoms. The third-order valence-electron chi connectivity index (χ3n) is 4.18. The zero-order chi connectivity index (χ0) is 16.7. The van der Waals surface area contributed by atoms with E-state index in [1.807, 2.05) is 6.92 Å². The SMILES string of the molecule is CCCCCCCCCCCCCCCCCC.CCCO.O. The molecule has 3 N–H and O–H groups in total. The van der Waals surface area contributed by atoms with Gasteiger partial charge in [-0.2, -0.15) is 0 Å². The molecule has 0 aromatic carbocycles. The fourth-order valence-electron chi connectivity index (χ4n) is 2.62. The van der Waals surface area contributed by atoms with Crippen molar-refractivity contribution < 1.29 is 10.6 Å². The summed E-state index contributed by atoms with van der Waals surface area (Å²) in [4.78, 5) is 0. The van der Waals surface area contributed by atoms with Crippen molar-refractivity contribution in [3.05, 3.63) is 0 Å². The second-order valence-corrected chi connectivity index (χ2v) is 6.67. The maximum atomic E-state index is 7.88. The van der Waals surface area contributed by atoms with Gasteiger partial charge in [-0.25, -0.2) is 0 Å². The molecule has 0 bridgehead atoms. The van der Waals surface area contributed by atoms with Crippen LogP contribution in [0.15, 0.2) is 0 Å². The van der Waals surface area contributed by atoms with E-state index in [9.17, 15) is 0 Å². The van der Waals surface area contributed by atoms with Gasteiger partial charge in [0.2, 0.25) is 0 Å². The molecule has 0 amide bonds. The van der Waals surface area contributed by atoms with Crippen LogP contribution in [-0.4, -0.2) is 17.2 Å².